The fourth-order valence-electron chi connectivity index (χ4n) is 1.63. The van der Waals surface area contributed by atoms with Crippen LogP contribution in [0, 0.1) is 0 Å². The van der Waals surface area contributed by atoms with Gasteiger partial charge in [0.1, 0.15) is 6.61 Å². The van der Waals surface area contributed by atoms with Gasteiger partial charge in [0, 0.05) is 12.0 Å². The smallest absolute Gasteiger partial charge is 0.407 e. The zero-order valence-electron chi connectivity index (χ0n) is 12.1. The zero-order valence-corrected chi connectivity index (χ0v) is 12.1. The first-order valence-electron chi connectivity index (χ1n) is 6.55. The largest absolute Gasteiger partial charge is 0.445 e. The maximum Gasteiger partial charge on any atom is 0.407 e. The van der Waals surface area contributed by atoms with Crippen molar-refractivity contribution in [2.75, 3.05) is 0 Å². The molecule has 0 fully saturated rings. The first-order valence-corrected chi connectivity index (χ1v) is 6.55. The summed E-state index contributed by atoms with van der Waals surface area (Å²) in [7, 11) is 0. The summed E-state index contributed by atoms with van der Waals surface area (Å²) in [6.45, 7) is 4.43. The molecule has 0 unspecified atom stereocenters. The van der Waals surface area contributed by atoms with E-state index in [0.717, 1.165) is 12.5 Å². The molecule has 0 spiro atoms. The second kappa shape index (κ2) is 6.68. The van der Waals surface area contributed by atoms with Gasteiger partial charge in [-0.1, -0.05) is 30.3 Å². The van der Waals surface area contributed by atoms with E-state index in [2.05, 4.69) is 5.32 Å². The summed E-state index contributed by atoms with van der Waals surface area (Å²) >= 11 is 0. The van der Waals surface area contributed by atoms with Gasteiger partial charge in [-0.3, -0.25) is 0 Å². The number of alkyl carbamates (subject to hydrolysis) is 1. The Bertz CT molecular complexity index is 427. The monoisotopic (exact) mass is 285 g/mol. The lowest BCUT2D eigenvalue weighted by molar-refractivity contribution is 0.00423. The average Bonchev–Trinajstić information content (AvgIpc) is 2.34. The molecule has 0 aliphatic carbocycles. The van der Waals surface area contributed by atoms with Crippen molar-refractivity contribution in [2.24, 2.45) is 0 Å². The molecule has 0 heterocycles. The highest BCUT2D eigenvalue weighted by atomic mass is 19.3. The van der Waals surface area contributed by atoms with Crippen molar-refractivity contribution in [1.82, 2.24) is 5.32 Å². The van der Waals surface area contributed by atoms with Gasteiger partial charge >= 0.3 is 6.09 Å². The van der Waals surface area contributed by atoms with Crippen molar-refractivity contribution in [3.05, 3.63) is 35.9 Å². The molecule has 5 heteroatoms. The first-order chi connectivity index (χ1) is 9.18. The molecule has 0 saturated heterocycles. The number of benzene rings is 1. The van der Waals surface area contributed by atoms with E-state index in [0.29, 0.717) is 0 Å². The normalized spacial score (nSPS) is 12.1. The zero-order chi connectivity index (χ0) is 15.2. The molecule has 20 heavy (non-hydrogen) atoms. The van der Waals surface area contributed by atoms with Crippen LogP contribution >= 0.6 is 0 Å². The lowest BCUT2D eigenvalue weighted by Crippen LogP contribution is -2.44. The van der Waals surface area contributed by atoms with Crippen LogP contribution in [0.5, 0.6) is 0 Å². The summed E-state index contributed by atoms with van der Waals surface area (Å²) in [6.07, 6.45) is -0.700. The van der Waals surface area contributed by atoms with Crippen LogP contribution in [0.4, 0.5) is 13.6 Å². The number of rotatable bonds is 6. The van der Waals surface area contributed by atoms with Crippen LogP contribution in [0.3, 0.4) is 0 Å². The minimum absolute atomic E-state index is 0.159. The molecule has 1 amide bonds. The standard InChI is InChI=1S/C15H21F2NO2/c1-14(2,9-10-15(3,16)17)18-13(19)20-11-12-7-5-4-6-8-12/h4-8H,9-11H2,1-3H3,(H,18,19). The molecule has 0 aliphatic rings. The molecule has 0 atom stereocenters. The van der Waals surface area contributed by atoms with Crippen LogP contribution in [0.25, 0.3) is 0 Å². The Morgan fingerprint density at radius 3 is 2.30 bits per heavy atom. The van der Waals surface area contributed by atoms with Crippen LogP contribution in [-0.4, -0.2) is 17.6 Å². The van der Waals surface area contributed by atoms with Crippen molar-refractivity contribution in [2.45, 2.75) is 51.7 Å². The van der Waals surface area contributed by atoms with E-state index in [-0.39, 0.29) is 19.4 Å². The third-order valence-electron chi connectivity index (χ3n) is 2.84. The van der Waals surface area contributed by atoms with E-state index in [4.69, 9.17) is 4.74 Å². The van der Waals surface area contributed by atoms with Crippen LogP contribution in [-0.2, 0) is 11.3 Å². The highest BCUT2D eigenvalue weighted by Crippen LogP contribution is 2.23. The van der Waals surface area contributed by atoms with Crippen molar-refractivity contribution in [1.29, 1.82) is 0 Å². The second-order valence-corrected chi connectivity index (χ2v) is 5.64. The van der Waals surface area contributed by atoms with E-state index in [1.54, 1.807) is 13.8 Å². The van der Waals surface area contributed by atoms with E-state index in [9.17, 15) is 13.6 Å². The average molecular weight is 285 g/mol. The van der Waals surface area contributed by atoms with Gasteiger partial charge in [-0.2, -0.15) is 0 Å². The number of alkyl halides is 2. The van der Waals surface area contributed by atoms with E-state index in [1.807, 2.05) is 30.3 Å². The molecule has 0 saturated carbocycles. The number of halogens is 2. The van der Waals surface area contributed by atoms with Gasteiger partial charge in [0.25, 0.3) is 0 Å². The molecule has 0 bridgehead atoms. The number of amides is 1. The van der Waals surface area contributed by atoms with E-state index < -0.39 is 17.6 Å². The van der Waals surface area contributed by atoms with E-state index >= 15 is 0 Å². The predicted molar refractivity (Wildman–Crippen MR) is 73.7 cm³/mol. The third kappa shape index (κ3) is 7.07. The summed E-state index contributed by atoms with van der Waals surface area (Å²) in [4.78, 5) is 11.6. The molecule has 0 radical (unpaired) electrons. The van der Waals surface area contributed by atoms with Gasteiger partial charge in [-0.15, -0.1) is 0 Å². The van der Waals surface area contributed by atoms with Gasteiger partial charge in [-0.25, -0.2) is 13.6 Å². The number of hydrogen-bond donors (Lipinski definition) is 1. The quantitative estimate of drug-likeness (QED) is 0.853. The molecule has 0 aliphatic heterocycles. The molecule has 1 N–H and O–H groups in total. The fraction of sp³-hybridized carbons (Fsp3) is 0.533. The molecule has 112 valence electrons. The van der Waals surface area contributed by atoms with Gasteiger partial charge in [0.15, 0.2) is 0 Å². The summed E-state index contributed by atoms with van der Waals surface area (Å²) in [5, 5.41) is 2.60. The first kappa shape index (κ1) is 16.4. The second-order valence-electron chi connectivity index (χ2n) is 5.64. The molecular formula is C15H21F2NO2. The van der Waals surface area contributed by atoms with Crippen LogP contribution in [0.15, 0.2) is 30.3 Å². The Balaban J connectivity index is 2.37. The Hall–Kier alpha value is -1.65. The van der Waals surface area contributed by atoms with Gasteiger partial charge in [-0.05, 0) is 32.8 Å². The molecule has 1 aromatic rings. The van der Waals surface area contributed by atoms with Crippen LogP contribution in [0.2, 0.25) is 0 Å². The molecule has 0 aromatic heterocycles. The highest BCUT2D eigenvalue weighted by Gasteiger charge is 2.28. The van der Waals surface area contributed by atoms with Crippen molar-refractivity contribution in [3.8, 4) is 0 Å². The van der Waals surface area contributed by atoms with Crippen LogP contribution < -0.4 is 5.32 Å². The van der Waals surface area contributed by atoms with Crippen molar-refractivity contribution < 1.29 is 18.3 Å². The predicted octanol–water partition coefficient (Wildman–Crippen LogP) is 4.13. The maximum atomic E-state index is 12.8. The van der Waals surface area contributed by atoms with Crippen molar-refractivity contribution in [3.63, 3.8) is 0 Å². The SMILES string of the molecule is CC(F)(F)CCC(C)(C)NC(=O)OCc1ccccc1. The highest BCUT2D eigenvalue weighted by molar-refractivity contribution is 5.68. The Kier molecular flexibility index (Phi) is 5.48. The molecular weight excluding hydrogens is 264 g/mol. The molecule has 3 nitrogen and oxygen atoms in total. The van der Waals surface area contributed by atoms with E-state index in [1.165, 1.54) is 0 Å². The molecule has 1 rings (SSSR count). The fourth-order valence-corrected chi connectivity index (χ4v) is 1.63. The van der Waals surface area contributed by atoms with Gasteiger partial charge < -0.3 is 10.1 Å². The lowest BCUT2D eigenvalue weighted by atomic mass is 9.97. The Morgan fingerprint density at radius 1 is 1.15 bits per heavy atom. The third-order valence-corrected chi connectivity index (χ3v) is 2.84. The summed E-state index contributed by atoms with van der Waals surface area (Å²) in [5.41, 5.74) is 0.147. The number of ether oxygens (including phenoxy) is 1. The Morgan fingerprint density at radius 2 is 1.75 bits per heavy atom. The van der Waals surface area contributed by atoms with Crippen LogP contribution in [0.1, 0.15) is 39.2 Å². The summed E-state index contributed by atoms with van der Waals surface area (Å²) in [5.74, 6) is -2.73. The summed E-state index contributed by atoms with van der Waals surface area (Å²) in [6, 6.07) is 9.26. The van der Waals surface area contributed by atoms with Gasteiger partial charge in [0.05, 0.1) is 0 Å². The minimum Gasteiger partial charge on any atom is -0.445 e. The van der Waals surface area contributed by atoms with Crippen molar-refractivity contribution >= 4 is 6.09 Å². The number of carbonyl (C=O) groups excluding carboxylic acids is 1. The molecule has 1 aromatic carbocycles. The number of carbonyl (C=O) groups is 1. The maximum absolute atomic E-state index is 12.8. The topological polar surface area (TPSA) is 38.3 Å². The lowest BCUT2D eigenvalue weighted by Gasteiger charge is -2.27. The summed E-state index contributed by atoms with van der Waals surface area (Å²) < 4.78 is 30.7. The number of hydrogen-bond acceptors (Lipinski definition) is 2. The minimum atomic E-state index is -2.73. The Labute approximate surface area is 118 Å². The number of nitrogens with one attached hydrogen (secondary N) is 1. The van der Waals surface area contributed by atoms with Gasteiger partial charge in [0.2, 0.25) is 5.92 Å².